The van der Waals surface area contributed by atoms with Crippen LogP contribution >= 0.6 is 0 Å². The van der Waals surface area contributed by atoms with E-state index < -0.39 is 17.6 Å². The molecule has 0 bridgehead atoms. The molecule has 0 amide bonds. The maximum Gasteiger partial charge on any atom is 0.307 e. The minimum Gasteiger partial charge on any atom is -0.481 e. The van der Waals surface area contributed by atoms with E-state index in [1.807, 2.05) is 30.3 Å². The van der Waals surface area contributed by atoms with Crippen LogP contribution in [-0.4, -0.2) is 35.6 Å². The van der Waals surface area contributed by atoms with E-state index in [1.165, 1.54) is 12.1 Å². The molecule has 0 radical (unpaired) electrons. The number of unbranched alkanes of at least 4 members (excludes halogenated alkanes) is 1. The van der Waals surface area contributed by atoms with E-state index in [-0.39, 0.29) is 5.92 Å². The molecular formula is C23H25F2NO2. The van der Waals surface area contributed by atoms with Gasteiger partial charge in [-0.25, -0.2) is 8.78 Å². The summed E-state index contributed by atoms with van der Waals surface area (Å²) in [6.07, 6.45) is 7.52. The van der Waals surface area contributed by atoms with Gasteiger partial charge in [-0.2, -0.15) is 0 Å². The molecule has 28 heavy (non-hydrogen) atoms. The topological polar surface area (TPSA) is 40.5 Å². The smallest absolute Gasteiger partial charge is 0.307 e. The standard InChI is InChI=1S/C23H25F2NO2/c24-19-11-12-21(22(25)15-19)20-10-4-3-8-17(20)7-2-1-5-13-26-14-6-9-18(16-26)23(27)28/h2-4,7-8,10-12,15,18H,1,5-6,9,13-14,16H2,(H,27,28)/b7-2+. The Hall–Kier alpha value is -2.53. The van der Waals surface area contributed by atoms with Gasteiger partial charge in [-0.15, -0.1) is 0 Å². The summed E-state index contributed by atoms with van der Waals surface area (Å²) >= 11 is 0. The van der Waals surface area contributed by atoms with E-state index >= 15 is 0 Å². The van der Waals surface area contributed by atoms with Crippen LogP contribution in [0.15, 0.2) is 48.5 Å². The number of hydrogen-bond acceptors (Lipinski definition) is 2. The van der Waals surface area contributed by atoms with Gasteiger partial charge in [-0.3, -0.25) is 4.79 Å². The molecular weight excluding hydrogens is 360 g/mol. The van der Waals surface area contributed by atoms with E-state index in [2.05, 4.69) is 11.0 Å². The Labute approximate surface area is 164 Å². The van der Waals surface area contributed by atoms with Crippen molar-refractivity contribution in [3.8, 4) is 11.1 Å². The van der Waals surface area contributed by atoms with E-state index in [0.717, 1.165) is 56.0 Å². The fraction of sp³-hybridized carbons (Fsp3) is 0.348. The lowest BCUT2D eigenvalue weighted by atomic mass is 9.98. The average Bonchev–Trinajstić information content (AvgIpc) is 2.68. The number of hydrogen-bond donors (Lipinski definition) is 1. The lowest BCUT2D eigenvalue weighted by molar-refractivity contribution is -0.143. The van der Waals surface area contributed by atoms with Crippen LogP contribution in [0.1, 0.15) is 31.2 Å². The zero-order valence-corrected chi connectivity index (χ0v) is 15.8. The fourth-order valence-corrected chi connectivity index (χ4v) is 3.70. The summed E-state index contributed by atoms with van der Waals surface area (Å²) in [6.45, 7) is 2.47. The van der Waals surface area contributed by atoms with Crippen LogP contribution in [0.3, 0.4) is 0 Å². The molecule has 1 N–H and O–H groups in total. The molecule has 0 saturated carbocycles. The van der Waals surface area contributed by atoms with Gasteiger partial charge >= 0.3 is 5.97 Å². The lowest BCUT2D eigenvalue weighted by Crippen LogP contribution is -2.39. The van der Waals surface area contributed by atoms with E-state index in [9.17, 15) is 13.6 Å². The van der Waals surface area contributed by atoms with Crippen molar-refractivity contribution in [1.29, 1.82) is 0 Å². The summed E-state index contributed by atoms with van der Waals surface area (Å²) in [4.78, 5) is 13.4. The number of rotatable bonds is 7. The van der Waals surface area contributed by atoms with Crippen LogP contribution < -0.4 is 0 Å². The van der Waals surface area contributed by atoms with Gasteiger partial charge in [0.25, 0.3) is 0 Å². The highest BCUT2D eigenvalue weighted by atomic mass is 19.1. The molecule has 1 aliphatic heterocycles. The normalized spacial score (nSPS) is 17.9. The van der Waals surface area contributed by atoms with Gasteiger partial charge < -0.3 is 10.0 Å². The Kier molecular flexibility index (Phi) is 6.93. The number of nitrogens with zero attached hydrogens (tertiary/aromatic N) is 1. The second kappa shape index (κ2) is 9.60. The average molecular weight is 385 g/mol. The third-order valence-electron chi connectivity index (χ3n) is 5.18. The summed E-state index contributed by atoms with van der Waals surface area (Å²) in [5, 5.41) is 9.16. The van der Waals surface area contributed by atoms with Gasteiger partial charge in [-0.1, -0.05) is 36.4 Å². The highest BCUT2D eigenvalue weighted by molar-refractivity contribution is 5.75. The molecule has 1 fully saturated rings. The SMILES string of the molecule is O=C(O)C1CCCN(CCC/C=C/c2ccccc2-c2ccc(F)cc2F)C1. The van der Waals surface area contributed by atoms with Gasteiger partial charge in [0.15, 0.2) is 0 Å². The highest BCUT2D eigenvalue weighted by Crippen LogP contribution is 2.28. The van der Waals surface area contributed by atoms with Crippen LogP contribution in [0, 0.1) is 17.6 Å². The third kappa shape index (κ3) is 5.26. The van der Waals surface area contributed by atoms with Crippen LogP contribution in [0.5, 0.6) is 0 Å². The number of carboxylic acid groups (broad SMARTS) is 1. The first-order valence-corrected chi connectivity index (χ1v) is 9.71. The molecule has 0 aliphatic carbocycles. The first-order chi connectivity index (χ1) is 13.5. The number of likely N-dealkylation sites (tertiary alicyclic amines) is 1. The lowest BCUT2D eigenvalue weighted by Gasteiger charge is -2.30. The molecule has 1 unspecified atom stereocenters. The molecule has 1 aliphatic rings. The Morgan fingerprint density at radius 3 is 2.79 bits per heavy atom. The monoisotopic (exact) mass is 385 g/mol. The van der Waals surface area contributed by atoms with Gasteiger partial charge in [0, 0.05) is 18.2 Å². The summed E-state index contributed by atoms with van der Waals surface area (Å²) in [7, 11) is 0. The van der Waals surface area contributed by atoms with Crippen LogP contribution in [0.25, 0.3) is 17.2 Å². The summed E-state index contributed by atoms with van der Waals surface area (Å²) < 4.78 is 27.3. The molecule has 148 valence electrons. The van der Waals surface area contributed by atoms with Crippen LogP contribution in [-0.2, 0) is 4.79 Å². The Bertz CT molecular complexity index is 850. The van der Waals surface area contributed by atoms with Gasteiger partial charge in [-0.05, 0) is 62.0 Å². The molecule has 3 nitrogen and oxygen atoms in total. The van der Waals surface area contributed by atoms with Crippen molar-refractivity contribution < 1.29 is 18.7 Å². The van der Waals surface area contributed by atoms with Gasteiger partial charge in [0.05, 0.1) is 5.92 Å². The van der Waals surface area contributed by atoms with Crippen LogP contribution in [0.2, 0.25) is 0 Å². The minimum absolute atomic E-state index is 0.248. The quantitative estimate of drug-likeness (QED) is 0.664. The fourth-order valence-electron chi connectivity index (χ4n) is 3.70. The Balaban J connectivity index is 1.57. The van der Waals surface area contributed by atoms with Gasteiger partial charge in [0.1, 0.15) is 11.6 Å². The zero-order chi connectivity index (χ0) is 19.9. The molecule has 1 atom stereocenters. The summed E-state index contributed by atoms with van der Waals surface area (Å²) in [6, 6.07) is 11.1. The third-order valence-corrected chi connectivity index (χ3v) is 5.18. The van der Waals surface area contributed by atoms with Crippen molar-refractivity contribution in [2.75, 3.05) is 19.6 Å². The summed E-state index contributed by atoms with van der Waals surface area (Å²) in [5.41, 5.74) is 2.00. The highest BCUT2D eigenvalue weighted by Gasteiger charge is 2.24. The number of allylic oxidation sites excluding steroid dienone is 1. The summed E-state index contributed by atoms with van der Waals surface area (Å²) in [5.74, 6) is -2.10. The maximum atomic E-state index is 14.1. The predicted molar refractivity (Wildman–Crippen MR) is 107 cm³/mol. The minimum atomic E-state index is -0.700. The second-order valence-corrected chi connectivity index (χ2v) is 7.23. The number of piperidine rings is 1. The van der Waals surface area contributed by atoms with Crippen molar-refractivity contribution in [2.24, 2.45) is 5.92 Å². The van der Waals surface area contributed by atoms with E-state index in [4.69, 9.17) is 5.11 Å². The largest absolute Gasteiger partial charge is 0.481 e. The van der Waals surface area contributed by atoms with Gasteiger partial charge in [0.2, 0.25) is 0 Å². The molecule has 1 heterocycles. The van der Waals surface area contributed by atoms with Crippen molar-refractivity contribution >= 4 is 12.0 Å². The van der Waals surface area contributed by atoms with Crippen molar-refractivity contribution in [3.05, 3.63) is 65.7 Å². The molecule has 3 rings (SSSR count). The molecule has 2 aromatic rings. The number of carbonyl (C=O) groups is 1. The Morgan fingerprint density at radius 1 is 1.18 bits per heavy atom. The molecule has 5 heteroatoms. The molecule has 0 spiro atoms. The number of carboxylic acids is 1. The van der Waals surface area contributed by atoms with Crippen molar-refractivity contribution in [1.82, 2.24) is 4.90 Å². The molecule has 1 saturated heterocycles. The molecule has 0 aromatic heterocycles. The van der Waals surface area contributed by atoms with E-state index in [1.54, 1.807) is 0 Å². The van der Waals surface area contributed by atoms with Crippen LogP contribution in [0.4, 0.5) is 8.78 Å². The second-order valence-electron chi connectivity index (χ2n) is 7.23. The zero-order valence-electron chi connectivity index (χ0n) is 15.8. The van der Waals surface area contributed by atoms with Crippen molar-refractivity contribution in [2.45, 2.75) is 25.7 Å². The van der Waals surface area contributed by atoms with E-state index in [0.29, 0.717) is 12.1 Å². The Morgan fingerprint density at radius 2 is 2.00 bits per heavy atom. The predicted octanol–water partition coefficient (Wildman–Crippen LogP) is 5.22. The van der Waals surface area contributed by atoms with Crippen molar-refractivity contribution in [3.63, 3.8) is 0 Å². The maximum absolute atomic E-state index is 14.1. The first-order valence-electron chi connectivity index (χ1n) is 9.71. The number of aliphatic carboxylic acids is 1. The first kappa shape index (κ1) is 20.2. The number of halogens is 2. The number of benzene rings is 2. The molecule has 2 aromatic carbocycles.